The maximum absolute atomic E-state index is 12.3. The van der Waals surface area contributed by atoms with E-state index in [4.69, 9.17) is 14.7 Å². The third-order valence-electron chi connectivity index (χ3n) is 5.85. The number of aromatic nitrogens is 1. The predicted molar refractivity (Wildman–Crippen MR) is 129 cm³/mol. The van der Waals surface area contributed by atoms with Crippen LogP contribution in [0.25, 0.3) is 11.0 Å². The average molecular weight is 467 g/mol. The van der Waals surface area contributed by atoms with Crippen LogP contribution in [0.3, 0.4) is 0 Å². The highest BCUT2D eigenvalue weighted by atomic mass is 16.5. The number of hydrogen-bond acceptors (Lipinski definition) is 5. The summed E-state index contributed by atoms with van der Waals surface area (Å²) in [6.45, 7) is 4.08. The van der Waals surface area contributed by atoms with Crippen molar-refractivity contribution >= 4 is 22.9 Å². The molecule has 1 fully saturated rings. The quantitative estimate of drug-likeness (QED) is 0.483. The second-order valence-corrected chi connectivity index (χ2v) is 8.35. The van der Waals surface area contributed by atoms with Gasteiger partial charge in [-0.25, -0.2) is 9.59 Å². The van der Waals surface area contributed by atoms with Crippen LogP contribution >= 0.6 is 0 Å². The molecule has 4 rings (SSSR count). The van der Waals surface area contributed by atoms with Crippen molar-refractivity contribution < 1.29 is 24.3 Å². The fourth-order valence-corrected chi connectivity index (χ4v) is 4.11. The minimum absolute atomic E-state index is 0.00159. The topological polar surface area (TPSA) is 113 Å². The zero-order chi connectivity index (χ0) is 24.3. The van der Waals surface area contributed by atoms with Gasteiger partial charge in [0.05, 0.1) is 11.9 Å². The van der Waals surface area contributed by atoms with Gasteiger partial charge in [-0.15, -0.1) is 0 Å². The van der Waals surface area contributed by atoms with E-state index in [9.17, 15) is 14.4 Å². The largest absolute Gasteiger partial charge is 0.478 e. The minimum Gasteiger partial charge on any atom is -0.478 e. The first-order chi connectivity index (χ1) is 16.4. The number of piperidine rings is 1. The van der Waals surface area contributed by atoms with E-state index in [1.807, 2.05) is 24.3 Å². The summed E-state index contributed by atoms with van der Waals surface area (Å²) in [6.07, 6.45) is 5.79. The van der Waals surface area contributed by atoms with Gasteiger partial charge in [-0.1, -0.05) is 42.5 Å². The van der Waals surface area contributed by atoms with Gasteiger partial charge in [0.1, 0.15) is 0 Å². The number of rotatable bonds is 8. The lowest BCUT2D eigenvalue weighted by molar-refractivity contribution is -0.134. The van der Waals surface area contributed by atoms with Crippen LogP contribution in [-0.4, -0.2) is 44.9 Å². The van der Waals surface area contributed by atoms with Crippen LogP contribution in [0.2, 0.25) is 0 Å². The van der Waals surface area contributed by atoms with Gasteiger partial charge < -0.3 is 14.7 Å². The molecule has 2 N–H and O–H groups in total. The van der Waals surface area contributed by atoms with Crippen molar-refractivity contribution in [2.75, 3.05) is 13.1 Å². The minimum atomic E-state index is -1.26. The summed E-state index contributed by atoms with van der Waals surface area (Å²) in [7, 11) is 0. The summed E-state index contributed by atoms with van der Waals surface area (Å²) >= 11 is 0. The number of para-hydroxylation sites is 1. The molecule has 8 nitrogen and oxygen atoms in total. The molecule has 0 atom stereocenters. The monoisotopic (exact) mass is 466 g/mol. The Kier molecular flexibility index (Phi) is 9.22. The number of aliphatic carboxylic acids is 2. The molecule has 0 amide bonds. The van der Waals surface area contributed by atoms with Gasteiger partial charge in [-0.2, -0.15) is 4.74 Å². The van der Waals surface area contributed by atoms with Gasteiger partial charge in [0.15, 0.2) is 5.58 Å². The van der Waals surface area contributed by atoms with Crippen molar-refractivity contribution in [3.63, 3.8) is 0 Å². The van der Waals surface area contributed by atoms with Gasteiger partial charge in [-0.3, -0.25) is 9.69 Å². The number of carboxylic acids is 2. The molecule has 0 saturated carbocycles. The Hall–Kier alpha value is -3.65. The van der Waals surface area contributed by atoms with E-state index in [0.717, 1.165) is 18.9 Å². The lowest BCUT2D eigenvalue weighted by Crippen LogP contribution is -2.33. The van der Waals surface area contributed by atoms with Gasteiger partial charge in [-0.05, 0) is 62.4 Å². The normalized spacial score (nSPS) is 14.7. The fraction of sp³-hybridized carbons (Fsp3) is 0.346. The standard InChI is InChI=1S/C22H26N2O2.C4H4O4/c25-22-20-10-4-5-11-21(20)26-24(22)14-6-9-18-12-15-23(16-13-18)17-19-7-2-1-3-8-19;5-3(6)1-2-4(7)8/h1-5,7-8,10-11,18H,6,9,12-17H2;1-2H,(H,5,6)(H,7,8). The van der Waals surface area contributed by atoms with E-state index in [0.29, 0.717) is 29.7 Å². The van der Waals surface area contributed by atoms with E-state index in [2.05, 4.69) is 35.2 Å². The highest BCUT2D eigenvalue weighted by molar-refractivity contribution is 5.89. The number of hydrogen-bond donors (Lipinski definition) is 2. The summed E-state index contributed by atoms with van der Waals surface area (Å²) in [6, 6.07) is 18.2. The molecule has 0 unspecified atom stereocenters. The molecule has 0 spiro atoms. The maximum atomic E-state index is 12.3. The zero-order valence-corrected chi connectivity index (χ0v) is 19.0. The van der Waals surface area contributed by atoms with E-state index in [1.54, 1.807) is 0 Å². The second kappa shape index (κ2) is 12.6. The summed E-state index contributed by atoms with van der Waals surface area (Å²) < 4.78 is 7.19. The molecular weight excluding hydrogens is 436 g/mol. The Balaban J connectivity index is 0.000000350. The molecule has 180 valence electrons. The second-order valence-electron chi connectivity index (χ2n) is 8.35. The van der Waals surface area contributed by atoms with Crippen molar-refractivity contribution in [1.82, 2.24) is 9.64 Å². The summed E-state index contributed by atoms with van der Waals surface area (Å²) in [5.74, 6) is -1.75. The highest BCUT2D eigenvalue weighted by Gasteiger charge is 2.19. The summed E-state index contributed by atoms with van der Waals surface area (Å²) in [4.78, 5) is 33.9. The number of benzene rings is 2. The molecule has 0 bridgehead atoms. The van der Waals surface area contributed by atoms with E-state index < -0.39 is 11.9 Å². The van der Waals surface area contributed by atoms with Crippen LogP contribution in [0.5, 0.6) is 0 Å². The SMILES string of the molecule is O=C(O)C=CC(=O)O.O=c1c2ccccc2on1CCCC1CCN(Cc2ccccc2)CC1. The number of aryl methyl sites for hydroxylation is 1. The first-order valence-electron chi connectivity index (χ1n) is 11.4. The smallest absolute Gasteiger partial charge is 0.328 e. The van der Waals surface area contributed by atoms with Crippen molar-refractivity contribution in [3.8, 4) is 0 Å². The summed E-state index contributed by atoms with van der Waals surface area (Å²) in [5.41, 5.74) is 2.08. The van der Waals surface area contributed by atoms with Crippen molar-refractivity contribution in [2.24, 2.45) is 5.92 Å². The molecule has 0 aliphatic carbocycles. The molecule has 8 heteroatoms. The lowest BCUT2D eigenvalue weighted by atomic mass is 9.92. The molecule has 1 aliphatic rings. The molecule has 2 heterocycles. The number of fused-ring (bicyclic) bond motifs is 1. The van der Waals surface area contributed by atoms with Crippen LogP contribution in [0.1, 0.15) is 31.2 Å². The van der Waals surface area contributed by atoms with Gasteiger partial charge in [0.25, 0.3) is 5.56 Å². The average Bonchev–Trinajstić information content (AvgIpc) is 3.15. The fourth-order valence-electron chi connectivity index (χ4n) is 4.11. The predicted octanol–water partition coefficient (Wildman–Crippen LogP) is 4.00. The van der Waals surface area contributed by atoms with Crippen LogP contribution in [-0.2, 0) is 22.7 Å². The molecule has 1 aliphatic heterocycles. The first kappa shape index (κ1) is 25.0. The maximum Gasteiger partial charge on any atom is 0.328 e. The molecule has 3 aromatic rings. The molecule has 34 heavy (non-hydrogen) atoms. The summed E-state index contributed by atoms with van der Waals surface area (Å²) in [5, 5.41) is 16.3. The number of likely N-dealkylation sites (tertiary alicyclic amines) is 1. The van der Waals surface area contributed by atoms with Crippen LogP contribution in [0.4, 0.5) is 0 Å². The Morgan fingerprint density at radius 3 is 2.18 bits per heavy atom. The molecule has 2 aromatic carbocycles. The highest BCUT2D eigenvalue weighted by Crippen LogP contribution is 2.23. The third kappa shape index (κ3) is 7.74. The van der Waals surface area contributed by atoms with Crippen LogP contribution in [0.15, 0.2) is 76.1 Å². The first-order valence-corrected chi connectivity index (χ1v) is 11.4. The Morgan fingerprint density at radius 1 is 0.941 bits per heavy atom. The number of carbonyl (C=O) groups is 2. The van der Waals surface area contributed by atoms with E-state index in [-0.39, 0.29) is 5.56 Å². The van der Waals surface area contributed by atoms with Gasteiger partial charge in [0.2, 0.25) is 0 Å². The van der Waals surface area contributed by atoms with E-state index >= 15 is 0 Å². The van der Waals surface area contributed by atoms with Gasteiger partial charge in [0, 0.05) is 18.7 Å². The molecule has 1 aromatic heterocycles. The van der Waals surface area contributed by atoms with Crippen molar-refractivity contribution in [1.29, 1.82) is 0 Å². The van der Waals surface area contributed by atoms with Gasteiger partial charge >= 0.3 is 11.9 Å². The Labute approximate surface area is 197 Å². The zero-order valence-electron chi connectivity index (χ0n) is 19.0. The van der Waals surface area contributed by atoms with Crippen LogP contribution in [0, 0.1) is 5.92 Å². The number of nitrogens with zero attached hydrogens (tertiary/aromatic N) is 2. The van der Waals surface area contributed by atoms with Crippen molar-refractivity contribution in [2.45, 2.75) is 38.8 Å². The van der Waals surface area contributed by atoms with Crippen LogP contribution < -0.4 is 5.56 Å². The Bertz CT molecular complexity index is 1140. The lowest BCUT2D eigenvalue weighted by Gasteiger charge is -2.32. The van der Waals surface area contributed by atoms with E-state index in [1.165, 1.54) is 42.7 Å². The third-order valence-corrected chi connectivity index (χ3v) is 5.85. The number of carboxylic acid groups (broad SMARTS) is 2. The molecular formula is C26H30N2O6. The Morgan fingerprint density at radius 2 is 1.56 bits per heavy atom. The van der Waals surface area contributed by atoms with Crippen molar-refractivity contribution in [3.05, 3.63) is 82.7 Å². The molecule has 0 radical (unpaired) electrons. The molecule has 1 saturated heterocycles.